The molecule has 8 heteroatoms. The van der Waals surface area contributed by atoms with Crippen molar-refractivity contribution in [3.63, 3.8) is 0 Å². The summed E-state index contributed by atoms with van der Waals surface area (Å²) in [6, 6.07) is 6.06. The van der Waals surface area contributed by atoms with Crippen LogP contribution in [0.4, 0.5) is 0 Å². The molecule has 114 valence electrons. The molecule has 0 aliphatic heterocycles. The second kappa shape index (κ2) is 7.90. The summed E-state index contributed by atoms with van der Waals surface area (Å²) in [7, 11) is 0. The highest BCUT2D eigenvalue weighted by molar-refractivity contribution is 6.76. The van der Waals surface area contributed by atoms with Gasteiger partial charge in [0.15, 0.2) is 0 Å². The lowest BCUT2D eigenvalue weighted by molar-refractivity contribution is -0.137. The van der Waals surface area contributed by atoms with Crippen molar-refractivity contribution >= 4 is 64.4 Å². The molecule has 1 aromatic rings. The number of nitrogens with one attached hydrogen (secondary N) is 1. The van der Waals surface area contributed by atoms with Crippen LogP contribution in [0.5, 0.6) is 0 Å². The van der Waals surface area contributed by atoms with E-state index in [4.69, 9.17) is 51.5 Å². The van der Waals surface area contributed by atoms with Crippen molar-refractivity contribution in [1.82, 2.24) is 5.32 Å². The van der Waals surface area contributed by atoms with E-state index in [0.717, 1.165) is 5.56 Å². The van der Waals surface area contributed by atoms with Gasteiger partial charge >= 0.3 is 5.97 Å². The van der Waals surface area contributed by atoms with Gasteiger partial charge in [-0.15, -0.1) is 0 Å². The molecule has 0 heterocycles. The molecule has 0 aromatic heterocycles. The number of hydrogen-bond donors (Lipinski definition) is 2. The average Bonchev–Trinajstić information content (AvgIpc) is 2.36. The maximum atomic E-state index is 11.6. The minimum Gasteiger partial charge on any atom is -0.481 e. The van der Waals surface area contributed by atoms with E-state index in [1.807, 2.05) is 0 Å². The smallest absolute Gasteiger partial charge is 0.305 e. The first kappa shape index (κ1) is 18.1. The van der Waals surface area contributed by atoms with Crippen LogP contribution in [-0.4, -0.2) is 26.8 Å². The standard InChI is InChI=1S/C13H11Cl4NO3/c14-9-4-1-8(2-5-9)3-6-10(7-11(19)20)18-12(21)13(15,16)17/h1-6,10H,7H2,(H,18,21)(H,19,20)/b6-3+/t10-/m1/s1. The lowest BCUT2D eigenvalue weighted by Crippen LogP contribution is -2.41. The maximum Gasteiger partial charge on any atom is 0.305 e. The van der Waals surface area contributed by atoms with Crippen LogP contribution in [0, 0.1) is 0 Å². The predicted molar refractivity (Wildman–Crippen MR) is 85.0 cm³/mol. The summed E-state index contributed by atoms with van der Waals surface area (Å²) in [6.07, 6.45) is 2.81. The van der Waals surface area contributed by atoms with Crippen molar-refractivity contribution in [3.05, 3.63) is 40.9 Å². The van der Waals surface area contributed by atoms with E-state index < -0.39 is 21.7 Å². The van der Waals surface area contributed by atoms with Crippen molar-refractivity contribution < 1.29 is 14.7 Å². The fourth-order valence-corrected chi connectivity index (χ4v) is 1.70. The molecule has 0 saturated heterocycles. The zero-order valence-electron chi connectivity index (χ0n) is 10.5. The molecule has 21 heavy (non-hydrogen) atoms. The number of hydrogen-bond acceptors (Lipinski definition) is 2. The number of carboxylic acid groups (broad SMARTS) is 1. The molecule has 1 rings (SSSR count). The normalized spacial score (nSPS) is 13.1. The molecule has 1 amide bonds. The second-order valence-electron chi connectivity index (χ2n) is 4.09. The molecule has 0 unspecified atom stereocenters. The molecule has 1 atom stereocenters. The summed E-state index contributed by atoms with van der Waals surface area (Å²) in [5.41, 5.74) is 0.790. The first-order valence-electron chi connectivity index (χ1n) is 5.71. The molecule has 0 fully saturated rings. The van der Waals surface area contributed by atoms with Crippen LogP contribution in [0.2, 0.25) is 5.02 Å². The zero-order chi connectivity index (χ0) is 16.0. The lowest BCUT2D eigenvalue weighted by Gasteiger charge is -2.17. The molecular formula is C13H11Cl4NO3. The van der Waals surface area contributed by atoms with Crippen LogP contribution in [0.1, 0.15) is 12.0 Å². The number of carbonyl (C=O) groups is 2. The van der Waals surface area contributed by atoms with Gasteiger partial charge in [-0.2, -0.15) is 0 Å². The Morgan fingerprint density at radius 1 is 1.24 bits per heavy atom. The third-order valence-corrected chi connectivity index (χ3v) is 3.13. The van der Waals surface area contributed by atoms with Gasteiger partial charge in [0.25, 0.3) is 9.70 Å². The van der Waals surface area contributed by atoms with Crippen LogP contribution >= 0.6 is 46.4 Å². The summed E-state index contributed by atoms with van der Waals surface area (Å²) < 4.78 is -2.15. The summed E-state index contributed by atoms with van der Waals surface area (Å²) in [6.45, 7) is 0. The Kier molecular flexibility index (Phi) is 6.81. The van der Waals surface area contributed by atoms with Crippen molar-refractivity contribution in [2.24, 2.45) is 0 Å². The third-order valence-electron chi connectivity index (χ3n) is 2.36. The van der Waals surface area contributed by atoms with Gasteiger partial charge < -0.3 is 10.4 Å². The molecule has 0 spiro atoms. The SMILES string of the molecule is O=C(O)C[C@@H](/C=C/c1ccc(Cl)cc1)NC(=O)C(Cl)(Cl)Cl. The Bertz CT molecular complexity index is 537. The van der Waals surface area contributed by atoms with E-state index in [9.17, 15) is 9.59 Å². The van der Waals surface area contributed by atoms with Crippen LogP contribution in [0.25, 0.3) is 6.08 Å². The van der Waals surface area contributed by atoms with Crippen molar-refractivity contribution in [2.75, 3.05) is 0 Å². The Labute approximate surface area is 141 Å². The number of benzene rings is 1. The first-order chi connectivity index (χ1) is 9.68. The number of aliphatic carboxylic acids is 1. The molecule has 4 nitrogen and oxygen atoms in total. The monoisotopic (exact) mass is 369 g/mol. The van der Waals surface area contributed by atoms with Gasteiger partial charge in [-0.1, -0.05) is 70.7 Å². The van der Waals surface area contributed by atoms with Crippen LogP contribution < -0.4 is 5.32 Å². The number of amides is 1. The highest BCUT2D eigenvalue weighted by atomic mass is 35.6. The van der Waals surface area contributed by atoms with E-state index in [-0.39, 0.29) is 6.42 Å². The average molecular weight is 371 g/mol. The van der Waals surface area contributed by atoms with Crippen molar-refractivity contribution in [2.45, 2.75) is 16.3 Å². The van der Waals surface area contributed by atoms with Gasteiger partial charge in [0.1, 0.15) is 0 Å². The fourth-order valence-electron chi connectivity index (χ4n) is 1.41. The minimum atomic E-state index is -2.15. The number of alkyl halides is 3. The molecule has 2 N–H and O–H groups in total. The first-order valence-corrected chi connectivity index (χ1v) is 7.23. The van der Waals surface area contributed by atoms with Gasteiger partial charge in [0, 0.05) is 5.02 Å². The van der Waals surface area contributed by atoms with E-state index in [1.54, 1.807) is 30.3 Å². The maximum absolute atomic E-state index is 11.6. The lowest BCUT2D eigenvalue weighted by atomic mass is 10.1. The summed E-state index contributed by atoms with van der Waals surface area (Å²) >= 11 is 22.1. The van der Waals surface area contributed by atoms with Gasteiger partial charge in [-0.05, 0) is 17.7 Å². The number of carbonyl (C=O) groups excluding carboxylic acids is 1. The van der Waals surface area contributed by atoms with E-state index in [1.165, 1.54) is 6.08 Å². The zero-order valence-corrected chi connectivity index (χ0v) is 13.5. The van der Waals surface area contributed by atoms with Crippen molar-refractivity contribution in [1.29, 1.82) is 0 Å². The molecule has 0 saturated carbocycles. The van der Waals surface area contributed by atoms with Crippen LogP contribution in [0.15, 0.2) is 30.3 Å². The summed E-state index contributed by atoms with van der Waals surface area (Å²) in [5.74, 6) is -1.98. The third kappa shape index (κ3) is 7.05. The highest BCUT2D eigenvalue weighted by Gasteiger charge is 2.32. The van der Waals surface area contributed by atoms with E-state index in [2.05, 4.69) is 5.32 Å². The van der Waals surface area contributed by atoms with Crippen LogP contribution in [-0.2, 0) is 9.59 Å². The Morgan fingerprint density at radius 2 is 1.81 bits per heavy atom. The minimum absolute atomic E-state index is 0.337. The largest absolute Gasteiger partial charge is 0.481 e. The van der Waals surface area contributed by atoms with E-state index in [0.29, 0.717) is 5.02 Å². The molecule has 0 bridgehead atoms. The van der Waals surface area contributed by atoms with Crippen LogP contribution in [0.3, 0.4) is 0 Å². The number of halogens is 4. The van der Waals surface area contributed by atoms with Crippen molar-refractivity contribution in [3.8, 4) is 0 Å². The molecular weight excluding hydrogens is 360 g/mol. The number of rotatable bonds is 5. The van der Waals surface area contributed by atoms with Gasteiger partial charge in [-0.3, -0.25) is 9.59 Å². The van der Waals surface area contributed by atoms with Gasteiger partial charge in [-0.25, -0.2) is 0 Å². The Balaban J connectivity index is 2.80. The predicted octanol–water partition coefficient (Wildman–Crippen LogP) is 3.68. The summed E-state index contributed by atoms with van der Waals surface area (Å²) in [4.78, 5) is 22.4. The second-order valence-corrected chi connectivity index (χ2v) is 6.80. The summed E-state index contributed by atoms with van der Waals surface area (Å²) in [5, 5.41) is 11.8. The van der Waals surface area contributed by atoms with E-state index >= 15 is 0 Å². The molecule has 0 radical (unpaired) electrons. The van der Waals surface area contributed by atoms with Gasteiger partial charge in [0.05, 0.1) is 12.5 Å². The molecule has 1 aromatic carbocycles. The molecule has 0 aliphatic carbocycles. The number of carboxylic acids is 1. The van der Waals surface area contributed by atoms with Gasteiger partial charge in [0.2, 0.25) is 0 Å². The molecule has 0 aliphatic rings. The fraction of sp³-hybridized carbons (Fsp3) is 0.231. The Hall–Kier alpha value is -0.940. The quantitative estimate of drug-likeness (QED) is 0.777. The Morgan fingerprint density at radius 3 is 2.29 bits per heavy atom. The highest BCUT2D eigenvalue weighted by Crippen LogP contribution is 2.26. The topological polar surface area (TPSA) is 66.4 Å².